The van der Waals surface area contributed by atoms with E-state index in [-0.39, 0.29) is 0 Å². The Bertz CT molecular complexity index is 692. The molecule has 1 aliphatic rings. The summed E-state index contributed by atoms with van der Waals surface area (Å²) < 4.78 is 0. The van der Waals surface area contributed by atoms with E-state index in [1.807, 2.05) is 0 Å². The van der Waals surface area contributed by atoms with Gasteiger partial charge in [-0.25, -0.2) is 0 Å². The van der Waals surface area contributed by atoms with Crippen LogP contribution in [0.2, 0.25) is 0 Å². The maximum absolute atomic E-state index is 4.77. The highest BCUT2D eigenvalue weighted by Crippen LogP contribution is 2.34. The Hall–Kier alpha value is -1.63. The van der Waals surface area contributed by atoms with Crippen LogP contribution in [0.4, 0.5) is 0 Å². The summed E-state index contributed by atoms with van der Waals surface area (Å²) >= 11 is 0. The Labute approximate surface area is 185 Å². The van der Waals surface area contributed by atoms with Gasteiger partial charge in [0.05, 0.1) is 5.69 Å². The maximum atomic E-state index is 4.77. The minimum Gasteiger partial charge on any atom is -0.256 e. The van der Waals surface area contributed by atoms with Crippen molar-refractivity contribution in [2.45, 2.75) is 104 Å². The highest BCUT2D eigenvalue weighted by Gasteiger charge is 2.20. The number of nitrogens with zero attached hydrogens (tertiary/aromatic N) is 1. The number of rotatable bonds is 12. The lowest BCUT2D eigenvalue weighted by molar-refractivity contribution is 0.249. The van der Waals surface area contributed by atoms with Crippen LogP contribution in [0, 0.1) is 11.8 Å². The van der Waals surface area contributed by atoms with Gasteiger partial charge in [0.2, 0.25) is 0 Å². The molecule has 1 aromatic carbocycles. The molecule has 0 unspecified atom stereocenters. The number of hydrogen-bond acceptors (Lipinski definition) is 1. The highest BCUT2D eigenvalue weighted by atomic mass is 14.7. The standard InChI is InChI=1S/C29H43N/c1-3-5-7-9-24-11-13-26(14-12-24)15-16-27-19-22-29(30-23-27)28-20-17-25(18-21-28)10-8-6-4-2/h17-24,26H,3-16H2,1-2H3/t24-,26-. The molecule has 30 heavy (non-hydrogen) atoms. The van der Waals surface area contributed by atoms with Gasteiger partial charge in [-0.2, -0.15) is 0 Å². The monoisotopic (exact) mass is 405 g/mol. The van der Waals surface area contributed by atoms with Crippen LogP contribution in [0.25, 0.3) is 11.3 Å². The average molecular weight is 406 g/mol. The molecule has 3 rings (SSSR count). The fourth-order valence-corrected chi connectivity index (χ4v) is 5.03. The molecule has 0 N–H and O–H groups in total. The largest absolute Gasteiger partial charge is 0.256 e. The van der Waals surface area contributed by atoms with Gasteiger partial charge in [0.15, 0.2) is 0 Å². The zero-order valence-electron chi connectivity index (χ0n) is 19.5. The molecule has 2 aromatic rings. The third kappa shape index (κ3) is 7.56. The van der Waals surface area contributed by atoms with Gasteiger partial charge >= 0.3 is 0 Å². The first-order valence-electron chi connectivity index (χ1n) is 12.8. The highest BCUT2D eigenvalue weighted by molar-refractivity contribution is 5.59. The van der Waals surface area contributed by atoms with Crippen molar-refractivity contribution in [3.05, 3.63) is 53.7 Å². The molecule has 0 saturated heterocycles. The first-order chi connectivity index (χ1) is 14.8. The van der Waals surface area contributed by atoms with Crippen molar-refractivity contribution in [3.8, 4) is 11.3 Å². The quantitative estimate of drug-likeness (QED) is 0.321. The summed E-state index contributed by atoms with van der Waals surface area (Å²) in [5.41, 5.74) is 5.19. The molecule has 1 aliphatic carbocycles. The van der Waals surface area contributed by atoms with Crippen LogP contribution in [0.5, 0.6) is 0 Å². The number of aromatic nitrogens is 1. The second-order valence-corrected chi connectivity index (χ2v) is 9.63. The summed E-state index contributed by atoms with van der Waals surface area (Å²) in [6, 6.07) is 13.5. The molecule has 1 heteroatoms. The van der Waals surface area contributed by atoms with Crippen molar-refractivity contribution in [2.75, 3.05) is 0 Å². The van der Waals surface area contributed by atoms with Gasteiger partial charge in [-0.1, -0.05) is 108 Å². The van der Waals surface area contributed by atoms with Gasteiger partial charge in [0.25, 0.3) is 0 Å². The molecule has 0 radical (unpaired) electrons. The molecule has 164 valence electrons. The summed E-state index contributed by atoms with van der Waals surface area (Å²) in [5, 5.41) is 0. The number of unbranched alkanes of at least 4 members (excludes halogenated alkanes) is 4. The zero-order chi connectivity index (χ0) is 21.0. The number of aryl methyl sites for hydroxylation is 2. The number of pyridine rings is 1. The summed E-state index contributed by atoms with van der Waals surface area (Å²) in [6.07, 6.45) is 21.3. The second kappa shape index (κ2) is 12.9. The van der Waals surface area contributed by atoms with E-state index in [1.165, 1.54) is 107 Å². The van der Waals surface area contributed by atoms with Crippen LogP contribution in [0.15, 0.2) is 42.6 Å². The van der Waals surface area contributed by atoms with Crippen LogP contribution in [-0.4, -0.2) is 4.98 Å². The van der Waals surface area contributed by atoms with Crippen LogP contribution in [-0.2, 0) is 12.8 Å². The Morgan fingerprint density at radius 1 is 0.667 bits per heavy atom. The van der Waals surface area contributed by atoms with Gasteiger partial charge in [0, 0.05) is 11.8 Å². The fraction of sp³-hybridized carbons (Fsp3) is 0.621. The van der Waals surface area contributed by atoms with Crippen LogP contribution >= 0.6 is 0 Å². The third-order valence-corrected chi connectivity index (χ3v) is 7.17. The fourth-order valence-electron chi connectivity index (χ4n) is 5.03. The van der Waals surface area contributed by atoms with E-state index in [0.29, 0.717) is 0 Å². The molecule has 0 aliphatic heterocycles. The molecule has 1 aromatic heterocycles. The van der Waals surface area contributed by atoms with E-state index in [2.05, 4.69) is 56.4 Å². The van der Waals surface area contributed by atoms with Gasteiger partial charge in [-0.15, -0.1) is 0 Å². The van der Waals surface area contributed by atoms with Gasteiger partial charge in [-0.3, -0.25) is 4.98 Å². The van der Waals surface area contributed by atoms with Crippen molar-refractivity contribution in [1.29, 1.82) is 0 Å². The van der Waals surface area contributed by atoms with Crippen molar-refractivity contribution >= 4 is 0 Å². The van der Waals surface area contributed by atoms with E-state index >= 15 is 0 Å². The summed E-state index contributed by atoms with van der Waals surface area (Å²) in [5.74, 6) is 1.96. The Kier molecular flexibility index (Phi) is 9.93. The zero-order valence-corrected chi connectivity index (χ0v) is 19.5. The summed E-state index contributed by atoms with van der Waals surface area (Å²) in [4.78, 5) is 4.77. The van der Waals surface area contributed by atoms with Crippen LogP contribution in [0.1, 0.15) is 102 Å². The molecular weight excluding hydrogens is 362 g/mol. The minimum atomic E-state index is 0.937. The topological polar surface area (TPSA) is 12.9 Å². The lowest BCUT2D eigenvalue weighted by Gasteiger charge is -2.28. The van der Waals surface area contributed by atoms with E-state index in [9.17, 15) is 0 Å². The van der Waals surface area contributed by atoms with Gasteiger partial charge < -0.3 is 0 Å². The first kappa shape index (κ1) is 23.0. The van der Waals surface area contributed by atoms with Crippen molar-refractivity contribution in [1.82, 2.24) is 4.98 Å². The molecule has 1 saturated carbocycles. The summed E-state index contributed by atoms with van der Waals surface area (Å²) in [7, 11) is 0. The van der Waals surface area contributed by atoms with Crippen molar-refractivity contribution in [2.24, 2.45) is 11.8 Å². The van der Waals surface area contributed by atoms with Crippen molar-refractivity contribution in [3.63, 3.8) is 0 Å². The molecular formula is C29H43N. The summed E-state index contributed by atoms with van der Waals surface area (Å²) in [6.45, 7) is 4.57. The van der Waals surface area contributed by atoms with E-state index in [0.717, 1.165) is 17.5 Å². The SMILES string of the molecule is CCCCCc1ccc(-c2ccc(CC[C@H]3CC[C@H](CCCCC)CC3)cn2)cc1. The van der Waals surface area contributed by atoms with E-state index in [4.69, 9.17) is 4.98 Å². The van der Waals surface area contributed by atoms with Gasteiger partial charge in [-0.05, 0) is 54.7 Å². The normalized spacial score (nSPS) is 19.1. The molecule has 0 spiro atoms. The van der Waals surface area contributed by atoms with E-state index < -0.39 is 0 Å². The number of benzene rings is 1. The van der Waals surface area contributed by atoms with Crippen LogP contribution < -0.4 is 0 Å². The molecule has 0 bridgehead atoms. The molecule has 1 fully saturated rings. The molecule has 0 atom stereocenters. The Morgan fingerprint density at radius 2 is 1.30 bits per heavy atom. The lowest BCUT2D eigenvalue weighted by atomic mass is 9.78. The second-order valence-electron chi connectivity index (χ2n) is 9.63. The Morgan fingerprint density at radius 3 is 1.93 bits per heavy atom. The third-order valence-electron chi connectivity index (χ3n) is 7.17. The first-order valence-corrected chi connectivity index (χ1v) is 12.8. The molecule has 0 amide bonds. The smallest absolute Gasteiger partial charge is 0.0702 e. The Balaban J connectivity index is 1.41. The minimum absolute atomic E-state index is 0.937. The van der Waals surface area contributed by atoms with Crippen molar-refractivity contribution < 1.29 is 0 Å². The molecule has 1 heterocycles. The maximum Gasteiger partial charge on any atom is 0.0702 e. The average Bonchev–Trinajstić information content (AvgIpc) is 2.80. The lowest BCUT2D eigenvalue weighted by Crippen LogP contribution is -2.15. The molecule has 1 nitrogen and oxygen atoms in total. The van der Waals surface area contributed by atoms with Crippen LogP contribution in [0.3, 0.4) is 0 Å². The predicted molar refractivity (Wildman–Crippen MR) is 131 cm³/mol. The van der Waals surface area contributed by atoms with Gasteiger partial charge in [0.1, 0.15) is 0 Å². The predicted octanol–water partition coefficient (Wildman–Crippen LogP) is 8.80. The number of hydrogen-bond donors (Lipinski definition) is 0. The van der Waals surface area contributed by atoms with E-state index in [1.54, 1.807) is 0 Å².